The van der Waals surface area contributed by atoms with E-state index in [2.05, 4.69) is 22.2 Å². The van der Waals surface area contributed by atoms with Gasteiger partial charge in [-0.3, -0.25) is 28.9 Å². The number of carboxylic acids is 1. The summed E-state index contributed by atoms with van der Waals surface area (Å²) in [6.45, 7) is 14.7. The number of aromatic carboxylic acids is 1. The highest BCUT2D eigenvalue weighted by Crippen LogP contribution is 2.55. The SMILES string of the molecule is COc1c(N2CC[C@@H](C3(N(C)C4CCN(c5cc(O)c6nc7c8c9c%10c(C)c(O)c8c(=O)c(c-7oc6c5)NC(=O)/C(C)=C\C=C\[C@H](C)[C@H](O)[C@@H](C)[C@@H](O)[C@@H](C)[C@H](OC(C)=O)[C@H](C)[C@@H](OC)/C=C/O[C@@](C)(O%10)C9=O)CC4)CC3)C2)c(F)cc2c(=O)c(C(=O)O)cn(C3CC3)c12. The number of aliphatic hydroxyl groups excluding tert-OH is 2. The highest BCUT2D eigenvalue weighted by atomic mass is 19.1. The van der Waals surface area contributed by atoms with Crippen LogP contribution in [0.2, 0.25) is 0 Å². The van der Waals surface area contributed by atoms with Crippen molar-refractivity contribution in [2.45, 2.75) is 148 Å². The van der Waals surface area contributed by atoms with Crippen LogP contribution in [-0.2, 0) is 23.8 Å². The first-order valence-corrected chi connectivity index (χ1v) is 32.2. The number of phenolic OH excluding ortho intramolecular Hbond substituents is 2. The summed E-state index contributed by atoms with van der Waals surface area (Å²) in [5.74, 6) is -9.94. The van der Waals surface area contributed by atoms with E-state index in [4.69, 9.17) is 33.1 Å². The smallest absolute Gasteiger partial charge is 0.341 e. The Hall–Kier alpha value is -8.58. The summed E-state index contributed by atoms with van der Waals surface area (Å²) in [5, 5.41) is 59.4. The van der Waals surface area contributed by atoms with Gasteiger partial charge < -0.3 is 73.3 Å². The average Bonchev–Trinajstić information content (AvgIpc) is 1.71. The molecular formula is C70H81FN6O17. The number of carbonyl (C=O) groups excluding carboxylic acids is 3. The van der Waals surface area contributed by atoms with Crippen molar-refractivity contribution >= 4 is 73.5 Å². The van der Waals surface area contributed by atoms with E-state index < -0.39 is 117 Å². The van der Waals surface area contributed by atoms with Crippen LogP contribution in [-0.4, -0.2) is 153 Å². The number of phenols is 2. The summed E-state index contributed by atoms with van der Waals surface area (Å²) >= 11 is 0. The van der Waals surface area contributed by atoms with Crippen LogP contribution in [0.3, 0.4) is 0 Å². The second kappa shape index (κ2) is 24.6. The molecule has 1 amide bonds. The van der Waals surface area contributed by atoms with E-state index in [1.54, 1.807) is 56.5 Å². The topological polar surface area (TPSA) is 302 Å². The lowest BCUT2D eigenvalue weighted by molar-refractivity contribution is -0.160. The molecule has 6 aliphatic heterocycles. The van der Waals surface area contributed by atoms with Crippen LogP contribution in [0.25, 0.3) is 44.2 Å². The Labute approximate surface area is 541 Å². The Morgan fingerprint density at radius 3 is 2.23 bits per heavy atom. The highest BCUT2D eigenvalue weighted by Gasteiger charge is 2.56. The standard InChI is InChI=1S/C70H81FN6O17/c1-32-13-12-14-33(2)67(86)73-54-61(84)50-49(51-63(37(6)59(50)82)94-69(8,66(51)85)91-26-20-47(89-10)34(3)62(92-38(7)78)36(5)58(81)35(4)57(32)80)53-64(54)93-48-28-42(27-46(79)52(48)72-53)75-24-18-40(19-25-75)74(9)70(21-22-70)39-17-23-76(30-39)56-45(71)29-43-55(65(56)90-11)77(41-15-16-41)31-44(60(43)83)68(87)88/h12-14,20,26-29,31-32,34-36,39-41,47,57-58,62,79-82H,15-19,21-25,30H2,1-11H3,(H,73,86)(H,87,88)/b13-12+,26-20+,33-14-/t32-,34+,35+,36+,39+,47-,57-,58+,62+,69-/m0/s1. The van der Waals surface area contributed by atoms with Gasteiger partial charge in [0.2, 0.25) is 10.9 Å². The van der Waals surface area contributed by atoms with Gasteiger partial charge in [-0.15, -0.1) is 0 Å². The number of ether oxygens (including phenoxy) is 5. The first-order chi connectivity index (χ1) is 44.6. The van der Waals surface area contributed by atoms with Gasteiger partial charge in [0.1, 0.15) is 51.5 Å². The third-order valence-electron chi connectivity index (χ3n) is 21.1. The van der Waals surface area contributed by atoms with E-state index in [0.717, 1.165) is 51.0 Å². The number of methoxy groups -OCH3 is 2. The molecule has 2 saturated heterocycles. The summed E-state index contributed by atoms with van der Waals surface area (Å²) in [4.78, 5) is 94.3. The number of hydrogen-bond donors (Lipinski definition) is 6. The van der Waals surface area contributed by atoms with E-state index >= 15 is 14.0 Å². The largest absolute Gasteiger partial charge is 0.507 e. The Morgan fingerprint density at radius 1 is 0.883 bits per heavy atom. The number of rotatable bonds is 10. The maximum absolute atomic E-state index is 16.5. The second-order valence-corrected chi connectivity index (χ2v) is 26.9. The number of ketones is 1. The zero-order chi connectivity index (χ0) is 67.5. The molecule has 0 unspecified atom stereocenters. The summed E-state index contributed by atoms with van der Waals surface area (Å²) in [7, 11) is 5.03. The molecule has 5 bridgehead atoms. The molecule has 0 radical (unpaired) electrons. The lowest BCUT2D eigenvalue weighted by atomic mass is 9.78. The Kier molecular flexibility index (Phi) is 17.2. The summed E-state index contributed by atoms with van der Waals surface area (Å²) in [6, 6.07) is 4.54. The zero-order valence-corrected chi connectivity index (χ0v) is 54.6. The molecule has 4 fully saturated rings. The van der Waals surface area contributed by atoms with Crippen molar-refractivity contribution in [1.29, 1.82) is 0 Å². The summed E-state index contributed by atoms with van der Waals surface area (Å²) < 4.78 is 55.0. The number of piperidine rings is 1. The lowest BCUT2D eigenvalue weighted by Gasteiger charge is -2.43. The number of nitrogens with zero attached hydrogens (tertiary/aromatic N) is 5. The van der Waals surface area contributed by atoms with E-state index in [0.29, 0.717) is 37.4 Å². The third-order valence-corrected chi connectivity index (χ3v) is 21.1. The number of anilines is 3. The summed E-state index contributed by atoms with van der Waals surface area (Å²) in [6.07, 6.45) is 10.4. The number of amides is 1. The number of Topliss-reactive ketones (excluding diaryl/α,β-unsaturated/α-hetero) is 1. The molecule has 2 saturated carbocycles. The fourth-order valence-electron chi connectivity index (χ4n) is 15.2. The number of aliphatic hydroxyl groups is 2. The number of fused-ring (bicyclic) bond motifs is 15. The number of halogens is 1. The lowest BCUT2D eigenvalue weighted by Crippen LogP contribution is -2.51. The maximum atomic E-state index is 16.5. The molecule has 6 N–H and O–H groups in total. The highest BCUT2D eigenvalue weighted by molar-refractivity contribution is 6.22. The molecule has 13 rings (SSSR count). The first kappa shape index (κ1) is 65.5. The molecule has 23 nitrogen and oxygen atoms in total. The molecule has 1 aromatic heterocycles. The monoisotopic (exact) mass is 1300 g/mol. The molecule has 7 heterocycles. The minimum atomic E-state index is -2.14. The van der Waals surface area contributed by atoms with E-state index in [9.17, 15) is 44.7 Å². The van der Waals surface area contributed by atoms with Crippen LogP contribution in [0, 0.1) is 42.3 Å². The minimum Gasteiger partial charge on any atom is -0.507 e. The van der Waals surface area contributed by atoms with E-state index in [1.807, 2.05) is 4.90 Å². The number of pyridine rings is 1. The van der Waals surface area contributed by atoms with Crippen molar-refractivity contribution in [3.63, 3.8) is 0 Å². The number of allylic oxidation sites excluding steroid dienone is 2. The van der Waals surface area contributed by atoms with Gasteiger partial charge >= 0.3 is 17.7 Å². The fourth-order valence-corrected chi connectivity index (χ4v) is 15.2. The second-order valence-electron chi connectivity index (χ2n) is 26.9. The Balaban J connectivity index is 0.861. The van der Waals surface area contributed by atoms with E-state index in [-0.39, 0.29) is 96.5 Å². The van der Waals surface area contributed by atoms with Crippen LogP contribution in [0.15, 0.2) is 74.5 Å². The Morgan fingerprint density at radius 2 is 1.59 bits per heavy atom. The predicted molar refractivity (Wildman–Crippen MR) is 348 cm³/mol. The molecule has 0 spiro atoms. The van der Waals surface area contributed by atoms with Crippen LogP contribution in [0.1, 0.15) is 126 Å². The van der Waals surface area contributed by atoms with Crippen molar-refractivity contribution in [3.8, 4) is 34.5 Å². The van der Waals surface area contributed by atoms with Crippen LogP contribution in [0.5, 0.6) is 23.0 Å². The zero-order valence-electron chi connectivity index (χ0n) is 54.6. The normalized spacial score (nSPS) is 28.2. The number of esters is 1. The number of nitrogens with one attached hydrogen (secondary N) is 1. The minimum absolute atomic E-state index is 0.00505. The Bertz CT molecular complexity index is 4300. The van der Waals surface area contributed by atoms with Crippen LogP contribution >= 0.6 is 0 Å². The van der Waals surface area contributed by atoms with Gasteiger partial charge in [-0.2, -0.15) is 0 Å². The van der Waals surface area contributed by atoms with Gasteiger partial charge in [0, 0.05) is 129 Å². The van der Waals surface area contributed by atoms with Gasteiger partial charge in [-0.25, -0.2) is 14.2 Å². The van der Waals surface area contributed by atoms with Gasteiger partial charge in [0.05, 0.1) is 53.5 Å². The van der Waals surface area contributed by atoms with Gasteiger partial charge in [-0.05, 0) is 83.9 Å². The molecule has 3 aliphatic carbocycles. The van der Waals surface area contributed by atoms with Crippen molar-refractivity contribution in [2.24, 2.45) is 29.6 Å². The molecule has 94 heavy (non-hydrogen) atoms. The number of carbonyl (C=O) groups is 4. The molecule has 9 aliphatic rings. The fraction of sp³-hybridized carbons (Fsp3) is 0.500. The first-order valence-electron chi connectivity index (χ1n) is 32.2. The van der Waals surface area contributed by atoms with Crippen molar-refractivity contribution < 1.29 is 77.2 Å². The third kappa shape index (κ3) is 11.1. The quantitative estimate of drug-likeness (QED) is 0.0423. The summed E-state index contributed by atoms with van der Waals surface area (Å²) in [5.41, 5.74) is -1.76. The molecule has 24 heteroatoms. The number of aromatic nitrogens is 2. The van der Waals surface area contributed by atoms with Gasteiger partial charge in [0.15, 0.2) is 22.9 Å². The molecule has 4 aromatic rings. The van der Waals surface area contributed by atoms with E-state index in [1.165, 1.54) is 66.5 Å². The number of hydrogen-bond acceptors (Lipinski definition) is 20. The molecule has 500 valence electrons. The van der Waals surface area contributed by atoms with Crippen molar-refractivity contribution in [1.82, 2.24) is 14.5 Å². The average molecular weight is 1300 g/mol. The molecule has 3 aromatic carbocycles. The van der Waals surface area contributed by atoms with Gasteiger partial charge in [-0.1, -0.05) is 45.9 Å². The molecular weight excluding hydrogens is 1220 g/mol. The van der Waals surface area contributed by atoms with Crippen molar-refractivity contribution in [2.75, 3.05) is 62.6 Å². The van der Waals surface area contributed by atoms with Crippen LogP contribution < -0.4 is 35.4 Å². The predicted octanol–water partition coefficient (Wildman–Crippen LogP) is 9.11. The maximum Gasteiger partial charge on any atom is 0.341 e. The number of benzene rings is 4. The van der Waals surface area contributed by atoms with Crippen molar-refractivity contribution in [3.05, 3.63) is 103 Å². The van der Waals surface area contributed by atoms with Gasteiger partial charge in [0.25, 0.3) is 11.7 Å². The molecule has 10 atom stereocenters. The van der Waals surface area contributed by atoms with Crippen LogP contribution in [0.4, 0.5) is 21.5 Å². The number of carboxylic acid groups (broad SMARTS) is 1. The number of aromatic hydroxyl groups is 2.